The van der Waals surface area contributed by atoms with Crippen molar-refractivity contribution in [3.63, 3.8) is 0 Å². The number of aliphatic carboxylic acids is 1. The zero-order valence-electron chi connectivity index (χ0n) is 11.6. The number of nitrogens with zero attached hydrogens (tertiary/aromatic N) is 1. The van der Waals surface area contributed by atoms with Crippen molar-refractivity contribution < 1.29 is 23.1 Å². The van der Waals surface area contributed by atoms with Crippen LogP contribution in [-0.2, 0) is 19.6 Å². The lowest BCUT2D eigenvalue weighted by Crippen LogP contribution is -2.38. The van der Waals surface area contributed by atoms with Crippen LogP contribution in [0.25, 0.3) is 0 Å². The molecular weight excluding hydrogens is 282 g/mol. The fourth-order valence-electron chi connectivity index (χ4n) is 1.60. The molecule has 0 atom stereocenters. The molecule has 20 heavy (non-hydrogen) atoms. The van der Waals surface area contributed by atoms with E-state index in [9.17, 15) is 13.2 Å². The number of anilines is 1. The lowest BCUT2D eigenvalue weighted by atomic mass is 10.2. The number of ether oxygens (including phenoxy) is 1. The van der Waals surface area contributed by atoms with E-state index < -0.39 is 22.5 Å². The number of carboxylic acid groups (broad SMARTS) is 1. The second-order valence-corrected chi connectivity index (χ2v) is 6.26. The molecule has 0 aliphatic heterocycles. The summed E-state index contributed by atoms with van der Waals surface area (Å²) in [5.41, 5.74) is 1.31. The van der Waals surface area contributed by atoms with Gasteiger partial charge in [-0.15, -0.1) is 0 Å². The number of benzene rings is 1. The molecule has 0 saturated carbocycles. The van der Waals surface area contributed by atoms with Crippen molar-refractivity contribution in [1.29, 1.82) is 0 Å². The van der Waals surface area contributed by atoms with Crippen molar-refractivity contribution in [1.82, 2.24) is 0 Å². The van der Waals surface area contributed by atoms with Crippen molar-refractivity contribution in [2.75, 3.05) is 29.8 Å². The second-order valence-electron chi connectivity index (χ2n) is 4.25. The number of carbonyl (C=O) groups is 1. The molecule has 0 saturated heterocycles. The Morgan fingerprint density at radius 3 is 2.40 bits per heavy atom. The van der Waals surface area contributed by atoms with Crippen molar-refractivity contribution in [2.24, 2.45) is 0 Å². The van der Waals surface area contributed by atoms with Gasteiger partial charge in [0, 0.05) is 6.61 Å². The fraction of sp³-hybridized carbons (Fsp3) is 0.462. The summed E-state index contributed by atoms with van der Waals surface area (Å²) in [6.45, 7) is 3.49. The minimum absolute atomic E-state index is 0.0425. The molecule has 0 aliphatic carbocycles. The summed E-state index contributed by atoms with van der Waals surface area (Å²) in [5.74, 6) is -1.45. The van der Waals surface area contributed by atoms with Crippen LogP contribution in [0.15, 0.2) is 24.3 Å². The van der Waals surface area contributed by atoms with Crippen LogP contribution in [0.4, 0.5) is 5.69 Å². The quantitative estimate of drug-likeness (QED) is 0.731. The van der Waals surface area contributed by atoms with Crippen LogP contribution in [0.3, 0.4) is 0 Å². The van der Waals surface area contributed by atoms with E-state index >= 15 is 0 Å². The maximum absolute atomic E-state index is 12.2. The largest absolute Gasteiger partial charge is 0.480 e. The van der Waals surface area contributed by atoms with Crippen molar-refractivity contribution >= 4 is 21.7 Å². The Labute approximate surface area is 119 Å². The standard InChI is InChI=1S/C13H19NO5S/c1-3-19-8-9-20(17,18)14(10-13(15)16)12-6-4-11(2)5-7-12/h4-7H,3,8-10H2,1-2H3,(H,15,16). The summed E-state index contributed by atoms with van der Waals surface area (Å²) in [7, 11) is -3.73. The number of hydrogen-bond donors (Lipinski definition) is 1. The van der Waals surface area contributed by atoms with E-state index in [1.807, 2.05) is 6.92 Å². The lowest BCUT2D eigenvalue weighted by Gasteiger charge is -2.22. The smallest absolute Gasteiger partial charge is 0.324 e. The Hall–Kier alpha value is -1.60. The third-order valence-electron chi connectivity index (χ3n) is 2.63. The van der Waals surface area contributed by atoms with Gasteiger partial charge in [-0.3, -0.25) is 9.10 Å². The highest BCUT2D eigenvalue weighted by atomic mass is 32.2. The summed E-state index contributed by atoms with van der Waals surface area (Å²) in [5, 5.41) is 8.90. The molecule has 0 fully saturated rings. The molecule has 0 radical (unpaired) electrons. The van der Waals surface area contributed by atoms with Crippen LogP contribution in [0.5, 0.6) is 0 Å². The van der Waals surface area contributed by atoms with Crippen molar-refractivity contribution in [3.8, 4) is 0 Å². The van der Waals surface area contributed by atoms with E-state index in [-0.39, 0.29) is 12.4 Å². The Kier molecular flexibility index (Phi) is 5.97. The van der Waals surface area contributed by atoms with E-state index in [4.69, 9.17) is 9.84 Å². The molecule has 6 nitrogen and oxygen atoms in total. The van der Waals surface area contributed by atoms with E-state index in [0.717, 1.165) is 9.87 Å². The normalized spacial score (nSPS) is 11.3. The van der Waals surface area contributed by atoms with Gasteiger partial charge < -0.3 is 9.84 Å². The first-order chi connectivity index (χ1) is 9.36. The van der Waals surface area contributed by atoms with Gasteiger partial charge in [-0.05, 0) is 26.0 Å². The molecule has 0 bridgehead atoms. The van der Waals surface area contributed by atoms with Crippen LogP contribution in [0.2, 0.25) is 0 Å². The molecule has 7 heteroatoms. The fourth-order valence-corrected chi connectivity index (χ4v) is 2.90. The van der Waals surface area contributed by atoms with E-state index in [2.05, 4.69) is 0 Å². The van der Waals surface area contributed by atoms with Gasteiger partial charge in [0.15, 0.2) is 0 Å². The van der Waals surface area contributed by atoms with Gasteiger partial charge in [0.25, 0.3) is 0 Å². The number of hydrogen-bond acceptors (Lipinski definition) is 4. The molecule has 0 amide bonds. The summed E-state index contributed by atoms with van der Waals surface area (Å²) in [6, 6.07) is 6.66. The van der Waals surface area contributed by atoms with Gasteiger partial charge in [-0.2, -0.15) is 0 Å². The van der Waals surface area contributed by atoms with Gasteiger partial charge in [-0.1, -0.05) is 17.7 Å². The minimum atomic E-state index is -3.73. The zero-order valence-corrected chi connectivity index (χ0v) is 12.4. The third kappa shape index (κ3) is 4.82. The average Bonchev–Trinajstić information content (AvgIpc) is 2.37. The maximum atomic E-state index is 12.2. The first-order valence-electron chi connectivity index (χ1n) is 6.23. The van der Waals surface area contributed by atoms with Gasteiger partial charge in [-0.25, -0.2) is 8.42 Å². The van der Waals surface area contributed by atoms with Crippen LogP contribution in [0.1, 0.15) is 12.5 Å². The monoisotopic (exact) mass is 301 g/mol. The molecule has 0 aromatic heterocycles. The third-order valence-corrected chi connectivity index (χ3v) is 4.32. The summed E-state index contributed by atoms with van der Waals surface area (Å²) >= 11 is 0. The van der Waals surface area contributed by atoms with Crippen LogP contribution < -0.4 is 4.31 Å². The minimum Gasteiger partial charge on any atom is -0.480 e. The van der Waals surface area contributed by atoms with Gasteiger partial charge in [0.1, 0.15) is 6.54 Å². The molecule has 0 spiro atoms. The predicted molar refractivity (Wildman–Crippen MR) is 76.4 cm³/mol. The topological polar surface area (TPSA) is 83.9 Å². The molecule has 1 N–H and O–H groups in total. The summed E-state index contributed by atoms with van der Waals surface area (Å²) in [4.78, 5) is 10.9. The first-order valence-corrected chi connectivity index (χ1v) is 7.84. The van der Waals surface area contributed by atoms with E-state index in [1.165, 1.54) is 0 Å². The summed E-state index contributed by atoms with van der Waals surface area (Å²) < 4.78 is 30.3. The second kappa shape index (κ2) is 7.25. The first kappa shape index (κ1) is 16.5. The predicted octanol–water partition coefficient (Wildman–Crippen LogP) is 1.25. The molecular formula is C13H19NO5S. The SMILES string of the molecule is CCOCCS(=O)(=O)N(CC(=O)O)c1ccc(C)cc1. The number of carboxylic acids is 1. The van der Waals surface area contributed by atoms with Gasteiger partial charge in [0.2, 0.25) is 10.0 Å². The van der Waals surface area contributed by atoms with Crippen LogP contribution in [-0.4, -0.2) is 45.0 Å². The summed E-state index contributed by atoms with van der Waals surface area (Å²) in [6.07, 6.45) is 0. The molecule has 0 aliphatic rings. The van der Waals surface area contributed by atoms with Crippen molar-refractivity contribution in [3.05, 3.63) is 29.8 Å². The lowest BCUT2D eigenvalue weighted by molar-refractivity contribution is -0.135. The number of sulfonamides is 1. The Balaban J connectivity index is 2.99. The van der Waals surface area contributed by atoms with Crippen LogP contribution >= 0.6 is 0 Å². The molecule has 1 rings (SSSR count). The molecule has 0 unspecified atom stereocenters. The Bertz CT molecular complexity index is 538. The maximum Gasteiger partial charge on any atom is 0.324 e. The highest BCUT2D eigenvalue weighted by Crippen LogP contribution is 2.19. The highest BCUT2D eigenvalue weighted by Gasteiger charge is 2.24. The highest BCUT2D eigenvalue weighted by molar-refractivity contribution is 7.92. The molecule has 112 valence electrons. The Morgan fingerprint density at radius 1 is 1.30 bits per heavy atom. The van der Waals surface area contributed by atoms with E-state index in [1.54, 1.807) is 31.2 Å². The van der Waals surface area contributed by atoms with Gasteiger partial charge in [0.05, 0.1) is 18.0 Å². The average molecular weight is 301 g/mol. The van der Waals surface area contributed by atoms with Crippen molar-refractivity contribution in [2.45, 2.75) is 13.8 Å². The van der Waals surface area contributed by atoms with Crippen LogP contribution in [0, 0.1) is 6.92 Å². The molecule has 0 heterocycles. The molecule has 1 aromatic rings. The number of rotatable bonds is 8. The zero-order chi connectivity index (χ0) is 15.2. The van der Waals surface area contributed by atoms with E-state index in [0.29, 0.717) is 12.3 Å². The molecule has 1 aromatic carbocycles. The van der Waals surface area contributed by atoms with Gasteiger partial charge >= 0.3 is 5.97 Å². The number of aryl methyl sites for hydroxylation is 1. The Morgan fingerprint density at radius 2 is 1.90 bits per heavy atom.